The lowest BCUT2D eigenvalue weighted by Crippen LogP contribution is -2.47. The number of rotatable bonds is 4. The van der Waals surface area contributed by atoms with Gasteiger partial charge >= 0.3 is 5.97 Å². The van der Waals surface area contributed by atoms with Gasteiger partial charge in [0.25, 0.3) is 0 Å². The Morgan fingerprint density at radius 2 is 1.78 bits per heavy atom. The van der Waals surface area contributed by atoms with Crippen LogP contribution < -0.4 is 4.74 Å². The summed E-state index contributed by atoms with van der Waals surface area (Å²) in [5.41, 5.74) is 0.900. The topological polar surface area (TPSA) is 66.9 Å². The molecule has 0 radical (unpaired) electrons. The van der Waals surface area contributed by atoms with Crippen molar-refractivity contribution in [2.45, 2.75) is 11.8 Å². The van der Waals surface area contributed by atoms with Crippen LogP contribution in [-0.4, -0.2) is 56.8 Å². The Morgan fingerprint density at radius 3 is 2.44 bits per heavy atom. The second-order valence-electron chi connectivity index (χ2n) is 6.53. The van der Waals surface area contributed by atoms with Gasteiger partial charge in [-0.05, 0) is 55.9 Å². The number of esters is 1. The molecule has 2 aromatic carbocycles. The van der Waals surface area contributed by atoms with Crippen LogP contribution in [0.1, 0.15) is 15.9 Å². The molecule has 0 N–H and O–H groups in total. The summed E-state index contributed by atoms with van der Waals surface area (Å²) < 4.78 is 32.6. The average Bonchev–Trinajstić information content (AvgIpc) is 2.64. The molecule has 1 aliphatic heterocycles. The second-order valence-corrected chi connectivity index (χ2v) is 8.91. The molecule has 0 aliphatic carbocycles. The molecule has 1 saturated heterocycles. The average molecular weight is 409 g/mol. The first-order chi connectivity index (χ1) is 12.8. The van der Waals surface area contributed by atoms with Gasteiger partial charge in [0, 0.05) is 31.2 Å². The van der Waals surface area contributed by atoms with Crippen molar-refractivity contribution >= 4 is 27.6 Å². The van der Waals surface area contributed by atoms with Crippen molar-refractivity contribution in [2.24, 2.45) is 0 Å². The van der Waals surface area contributed by atoms with Crippen molar-refractivity contribution in [1.29, 1.82) is 0 Å². The van der Waals surface area contributed by atoms with E-state index in [9.17, 15) is 13.2 Å². The number of carbonyl (C=O) groups excluding carboxylic acids is 1. The van der Waals surface area contributed by atoms with Gasteiger partial charge < -0.3 is 9.64 Å². The van der Waals surface area contributed by atoms with E-state index in [1.54, 1.807) is 31.2 Å². The summed E-state index contributed by atoms with van der Waals surface area (Å²) >= 11 is 5.91. The van der Waals surface area contributed by atoms with Crippen LogP contribution in [0.4, 0.5) is 0 Å². The zero-order chi connectivity index (χ0) is 19.6. The second kappa shape index (κ2) is 7.98. The van der Waals surface area contributed by atoms with E-state index >= 15 is 0 Å². The lowest BCUT2D eigenvalue weighted by atomic mass is 10.2. The maximum absolute atomic E-state index is 12.9. The van der Waals surface area contributed by atoms with E-state index in [-0.39, 0.29) is 10.5 Å². The van der Waals surface area contributed by atoms with Gasteiger partial charge in [-0.25, -0.2) is 13.2 Å². The van der Waals surface area contributed by atoms with Crippen molar-refractivity contribution in [3.63, 3.8) is 0 Å². The summed E-state index contributed by atoms with van der Waals surface area (Å²) in [5, 5.41) is 0.549. The summed E-state index contributed by atoms with van der Waals surface area (Å²) in [5.74, 6) is -0.229. The predicted molar refractivity (Wildman–Crippen MR) is 104 cm³/mol. The van der Waals surface area contributed by atoms with Crippen LogP contribution >= 0.6 is 11.6 Å². The fraction of sp³-hybridized carbons (Fsp3) is 0.316. The predicted octanol–water partition coefficient (Wildman–Crippen LogP) is 2.80. The molecular formula is C19H21ClN2O4S. The molecule has 0 aromatic heterocycles. The number of hydrogen-bond donors (Lipinski definition) is 0. The Hall–Kier alpha value is -1.93. The summed E-state index contributed by atoms with van der Waals surface area (Å²) in [6.07, 6.45) is 0. The lowest BCUT2D eigenvalue weighted by molar-refractivity contribution is 0.0733. The number of hydrogen-bond acceptors (Lipinski definition) is 5. The molecule has 144 valence electrons. The van der Waals surface area contributed by atoms with Gasteiger partial charge in [0.05, 0.1) is 10.5 Å². The minimum Gasteiger partial charge on any atom is -0.423 e. The van der Waals surface area contributed by atoms with Crippen molar-refractivity contribution in [1.82, 2.24) is 9.21 Å². The van der Waals surface area contributed by atoms with Crippen LogP contribution in [-0.2, 0) is 10.0 Å². The van der Waals surface area contributed by atoms with Crippen LogP contribution in [0.15, 0.2) is 47.4 Å². The van der Waals surface area contributed by atoms with Crippen LogP contribution in [0.2, 0.25) is 5.02 Å². The summed E-state index contributed by atoms with van der Waals surface area (Å²) in [7, 11) is -1.69. The first-order valence-electron chi connectivity index (χ1n) is 8.54. The van der Waals surface area contributed by atoms with E-state index in [2.05, 4.69) is 4.90 Å². The van der Waals surface area contributed by atoms with Crippen LogP contribution in [0, 0.1) is 6.92 Å². The Bertz CT molecular complexity index is 954. The fourth-order valence-corrected chi connectivity index (χ4v) is 4.54. The van der Waals surface area contributed by atoms with E-state index in [4.69, 9.17) is 16.3 Å². The molecule has 3 rings (SSSR count). The summed E-state index contributed by atoms with van der Waals surface area (Å²) in [6.45, 7) is 3.99. The normalized spacial score (nSPS) is 16.3. The van der Waals surface area contributed by atoms with Gasteiger partial charge in [-0.15, -0.1) is 0 Å². The Kier molecular flexibility index (Phi) is 5.86. The smallest absolute Gasteiger partial charge is 0.343 e. The minimum atomic E-state index is -3.65. The van der Waals surface area contributed by atoms with Crippen molar-refractivity contribution < 1.29 is 17.9 Å². The van der Waals surface area contributed by atoms with Gasteiger partial charge in [-0.3, -0.25) is 0 Å². The Labute approximate surface area is 164 Å². The van der Waals surface area contributed by atoms with Gasteiger partial charge in [0.2, 0.25) is 10.0 Å². The van der Waals surface area contributed by atoms with E-state index in [0.29, 0.717) is 37.0 Å². The fourth-order valence-electron chi connectivity index (χ4n) is 2.85. The first-order valence-corrected chi connectivity index (χ1v) is 10.4. The standard InChI is InChI=1S/C19H21ClN2O4S/c1-14-12-16(20)6-7-18(14)26-19(23)15-4-3-5-17(13-15)27(24,25)22-10-8-21(2)9-11-22/h3-7,12-13H,8-11H2,1-2H3. The third-order valence-electron chi connectivity index (χ3n) is 4.51. The number of carbonyl (C=O) groups is 1. The number of nitrogens with zero attached hydrogens (tertiary/aromatic N) is 2. The SMILES string of the molecule is Cc1cc(Cl)ccc1OC(=O)c1cccc(S(=O)(=O)N2CCN(C)CC2)c1. The van der Waals surface area contributed by atoms with E-state index in [0.717, 1.165) is 5.56 Å². The molecule has 1 aliphatic rings. The van der Waals surface area contributed by atoms with E-state index in [1.165, 1.54) is 22.5 Å². The molecule has 1 heterocycles. The number of aryl methyl sites for hydroxylation is 1. The molecule has 2 aromatic rings. The van der Waals surface area contributed by atoms with Crippen LogP contribution in [0.3, 0.4) is 0 Å². The molecule has 0 unspecified atom stereocenters. The lowest BCUT2D eigenvalue weighted by Gasteiger charge is -2.31. The molecule has 0 bridgehead atoms. The van der Waals surface area contributed by atoms with Gasteiger partial charge in [-0.2, -0.15) is 4.31 Å². The number of piperazine rings is 1. The minimum absolute atomic E-state index is 0.0920. The Morgan fingerprint density at radius 1 is 1.07 bits per heavy atom. The molecule has 8 heteroatoms. The monoisotopic (exact) mass is 408 g/mol. The van der Waals surface area contributed by atoms with Crippen LogP contribution in [0.5, 0.6) is 5.75 Å². The molecule has 0 spiro atoms. The molecular weight excluding hydrogens is 388 g/mol. The van der Waals surface area contributed by atoms with Crippen molar-refractivity contribution in [2.75, 3.05) is 33.2 Å². The number of sulfonamides is 1. The van der Waals surface area contributed by atoms with Crippen LogP contribution in [0.25, 0.3) is 0 Å². The number of ether oxygens (including phenoxy) is 1. The highest BCUT2D eigenvalue weighted by molar-refractivity contribution is 7.89. The molecule has 0 saturated carbocycles. The summed E-state index contributed by atoms with van der Waals surface area (Å²) in [6, 6.07) is 10.9. The van der Waals surface area contributed by atoms with Crippen molar-refractivity contribution in [3.05, 3.63) is 58.6 Å². The van der Waals surface area contributed by atoms with E-state index < -0.39 is 16.0 Å². The maximum atomic E-state index is 12.9. The third kappa shape index (κ3) is 4.50. The highest BCUT2D eigenvalue weighted by Gasteiger charge is 2.28. The molecule has 6 nitrogen and oxygen atoms in total. The molecule has 0 amide bonds. The largest absolute Gasteiger partial charge is 0.423 e. The van der Waals surface area contributed by atoms with Gasteiger partial charge in [-0.1, -0.05) is 17.7 Å². The first kappa shape index (κ1) is 19.8. The zero-order valence-electron chi connectivity index (χ0n) is 15.2. The van der Waals surface area contributed by atoms with E-state index in [1.807, 2.05) is 7.05 Å². The maximum Gasteiger partial charge on any atom is 0.343 e. The Balaban J connectivity index is 1.81. The number of likely N-dealkylation sites (N-methyl/N-ethyl adjacent to an activating group) is 1. The molecule has 1 fully saturated rings. The van der Waals surface area contributed by atoms with Gasteiger partial charge in [0.1, 0.15) is 5.75 Å². The third-order valence-corrected chi connectivity index (χ3v) is 6.64. The van der Waals surface area contributed by atoms with Gasteiger partial charge in [0.15, 0.2) is 0 Å². The molecule has 27 heavy (non-hydrogen) atoms. The quantitative estimate of drug-likeness (QED) is 0.575. The molecule has 0 atom stereocenters. The highest BCUT2D eigenvalue weighted by Crippen LogP contribution is 2.24. The highest BCUT2D eigenvalue weighted by atomic mass is 35.5. The zero-order valence-corrected chi connectivity index (χ0v) is 16.8. The van der Waals surface area contributed by atoms with Crippen molar-refractivity contribution in [3.8, 4) is 5.75 Å². The number of benzene rings is 2. The number of halogens is 1. The summed E-state index contributed by atoms with van der Waals surface area (Å²) in [4.78, 5) is 14.6.